The number of rotatable bonds is 5. The summed E-state index contributed by atoms with van der Waals surface area (Å²) in [6, 6.07) is 3.49. The molecule has 0 spiro atoms. The SMILES string of the molecule is CNC(=O)[C@@H](C)S(=O)(=O)Cc1csc(-c2ccco2)n1. The predicted molar refractivity (Wildman–Crippen MR) is 76.0 cm³/mol. The lowest BCUT2D eigenvalue weighted by atomic mass is 10.4. The Morgan fingerprint density at radius 3 is 2.90 bits per heavy atom. The van der Waals surface area contributed by atoms with Gasteiger partial charge in [-0.3, -0.25) is 4.79 Å². The molecule has 8 heteroatoms. The first-order valence-electron chi connectivity index (χ1n) is 5.85. The molecule has 1 N–H and O–H groups in total. The molecule has 2 rings (SSSR count). The number of amides is 1. The summed E-state index contributed by atoms with van der Waals surface area (Å²) in [6.07, 6.45) is 1.53. The van der Waals surface area contributed by atoms with Crippen LogP contribution in [-0.4, -0.2) is 31.6 Å². The molecule has 20 heavy (non-hydrogen) atoms. The van der Waals surface area contributed by atoms with Crippen molar-refractivity contribution in [2.75, 3.05) is 7.05 Å². The maximum absolute atomic E-state index is 12.1. The summed E-state index contributed by atoms with van der Waals surface area (Å²) in [6.45, 7) is 1.37. The Morgan fingerprint density at radius 2 is 2.30 bits per heavy atom. The number of hydrogen-bond donors (Lipinski definition) is 1. The summed E-state index contributed by atoms with van der Waals surface area (Å²) in [7, 11) is -2.17. The Balaban J connectivity index is 2.16. The van der Waals surface area contributed by atoms with E-state index < -0.39 is 21.0 Å². The van der Waals surface area contributed by atoms with Gasteiger partial charge in [0, 0.05) is 12.4 Å². The lowest BCUT2D eigenvalue weighted by molar-refractivity contribution is -0.119. The van der Waals surface area contributed by atoms with Crippen LogP contribution >= 0.6 is 11.3 Å². The first-order chi connectivity index (χ1) is 9.44. The highest BCUT2D eigenvalue weighted by atomic mass is 32.2. The number of thiazole rings is 1. The van der Waals surface area contributed by atoms with Crippen LogP contribution in [0.3, 0.4) is 0 Å². The van der Waals surface area contributed by atoms with Gasteiger partial charge in [-0.05, 0) is 19.1 Å². The largest absolute Gasteiger partial charge is 0.462 e. The van der Waals surface area contributed by atoms with Crippen molar-refractivity contribution in [3.63, 3.8) is 0 Å². The van der Waals surface area contributed by atoms with Crippen LogP contribution in [0.4, 0.5) is 0 Å². The third-order valence-electron chi connectivity index (χ3n) is 2.79. The number of furan rings is 1. The van der Waals surface area contributed by atoms with Crippen molar-refractivity contribution in [2.45, 2.75) is 17.9 Å². The second kappa shape index (κ2) is 5.76. The fourth-order valence-corrected chi connectivity index (χ4v) is 3.73. The maximum Gasteiger partial charge on any atom is 0.237 e. The van der Waals surface area contributed by atoms with E-state index in [2.05, 4.69) is 10.3 Å². The van der Waals surface area contributed by atoms with Crippen molar-refractivity contribution in [2.24, 2.45) is 0 Å². The minimum absolute atomic E-state index is 0.265. The lowest BCUT2D eigenvalue weighted by Crippen LogP contribution is -2.36. The van der Waals surface area contributed by atoms with Crippen molar-refractivity contribution < 1.29 is 17.6 Å². The third-order valence-corrected chi connectivity index (χ3v) is 5.68. The Morgan fingerprint density at radius 1 is 1.55 bits per heavy atom. The van der Waals surface area contributed by atoms with Crippen molar-refractivity contribution in [3.8, 4) is 10.8 Å². The average Bonchev–Trinajstić information content (AvgIpc) is 3.06. The number of aromatic nitrogens is 1. The molecular formula is C12H14N2O4S2. The van der Waals surface area contributed by atoms with Crippen LogP contribution in [0.25, 0.3) is 10.8 Å². The summed E-state index contributed by atoms with van der Waals surface area (Å²) in [5, 5.41) is 3.51. The number of carbonyl (C=O) groups excluding carboxylic acids is 1. The van der Waals surface area contributed by atoms with Crippen LogP contribution in [0.5, 0.6) is 0 Å². The van der Waals surface area contributed by atoms with Crippen LogP contribution in [0, 0.1) is 0 Å². The van der Waals surface area contributed by atoms with E-state index in [1.54, 1.807) is 17.5 Å². The first-order valence-corrected chi connectivity index (χ1v) is 8.45. The summed E-state index contributed by atoms with van der Waals surface area (Å²) < 4.78 is 29.4. The molecule has 0 saturated carbocycles. The Hall–Kier alpha value is -1.67. The molecule has 2 aromatic rings. The number of nitrogens with zero attached hydrogens (tertiary/aromatic N) is 1. The van der Waals surface area contributed by atoms with Crippen LogP contribution in [0.15, 0.2) is 28.2 Å². The first kappa shape index (κ1) is 14.7. The molecule has 2 aromatic heterocycles. The van der Waals surface area contributed by atoms with Gasteiger partial charge >= 0.3 is 0 Å². The molecule has 0 saturated heterocycles. The van der Waals surface area contributed by atoms with Crippen molar-refractivity contribution in [1.82, 2.24) is 10.3 Å². The Bertz CT molecular complexity index is 689. The number of sulfone groups is 1. The van der Waals surface area contributed by atoms with Gasteiger partial charge in [-0.15, -0.1) is 11.3 Å². The number of carbonyl (C=O) groups is 1. The van der Waals surface area contributed by atoms with Gasteiger partial charge in [0.15, 0.2) is 20.6 Å². The van der Waals surface area contributed by atoms with Crippen molar-refractivity contribution in [1.29, 1.82) is 0 Å². The second-order valence-electron chi connectivity index (χ2n) is 4.18. The van der Waals surface area contributed by atoms with Crippen molar-refractivity contribution >= 4 is 27.1 Å². The zero-order valence-electron chi connectivity index (χ0n) is 11.0. The standard InChI is InChI=1S/C12H14N2O4S2/c1-8(11(15)13-2)20(16,17)7-9-6-19-12(14-9)10-4-3-5-18-10/h3-6,8H,7H2,1-2H3,(H,13,15)/t8-/m1/s1. The highest BCUT2D eigenvalue weighted by molar-refractivity contribution is 7.92. The summed E-state index contributed by atoms with van der Waals surface area (Å²) >= 11 is 1.30. The van der Waals surface area contributed by atoms with Gasteiger partial charge < -0.3 is 9.73 Å². The Labute approximate surface area is 120 Å². The highest BCUT2D eigenvalue weighted by Gasteiger charge is 2.28. The van der Waals surface area contributed by atoms with E-state index in [1.165, 1.54) is 31.6 Å². The molecule has 0 aromatic carbocycles. The molecule has 0 aliphatic carbocycles. The fraction of sp³-hybridized carbons (Fsp3) is 0.333. The monoisotopic (exact) mass is 314 g/mol. The minimum Gasteiger partial charge on any atom is -0.462 e. The molecule has 6 nitrogen and oxygen atoms in total. The van der Waals surface area contributed by atoms with Gasteiger partial charge in [0.25, 0.3) is 0 Å². The summed E-state index contributed by atoms with van der Waals surface area (Å²) in [5.74, 6) is -0.191. The molecule has 0 unspecified atom stereocenters. The van der Waals surface area contributed by atoms with Crippen LogP contribution in [0.2, 0.25) is 0 Å². The predicted octanol–water partition coefficient (Wildman–Crippen LogP) is 1.45. The van der Waals surface area contributed by atoms with Gasteiger partial charge in [-0.25, -0.2) is 13.4 Å². The van der Waals surface area contributed by atoms with E-state index in [0.29, 0.717) is 16.5 Å². The van der Waals surface area contributed by atoms with E-state index in [4.69, 9.17) is 4.42 Å². The molecule has 1 amide bonds. The number of nitrogens with one attached hydrogen (secondary N) is 1. The molecule has 0 bridgehead atoms. The van der Waals surface area contributed by atoms with Crippen LogP contribution in [0.1, 0.15) is 12.6 Å². The van der Waals surface area contributed by atoms with E-state index in [-0.39, 0.29) is 5.75 Å². The van der Waals surface area contributed by atoms with Gasteiger partial charge in [-0.1, -0.05) is 0 Å². The van der Waals surface area contributed by atoms with Gasteiger partial charge in [0.2, 0.25) is 5.91 Å². The van der Waals surface area contributed by atoms with Crippen molar-refractivity contribution in [3.05, 3.63) is 29.5 Å². The van der Waals surface area contributed by atoms with Crippen LogP contribution < -0.4 is 5.32 Å². The third kappa shape index (κ3) is 3.07. The molecule has 0 fully saturated rings. The quantitative estimate of drug-likeness (QED) is 0.902. The fourth-order valence-electron chi connectivity index (χ4n) is 1.58. The zero-order valence-corrected chi connectivity index (χ0v) is 12.6. The summed E-state index contributed by atoms with van der Waals surface area (Å²) in [4.78, 5) is 15.6. The zero-order chi connectivity index (χ0) is 14.8. The number of hydrogen-bond acceptors (Lipinski definition) is 6. The topological polar surface area (TPSA) is 89.3 Å². The molecule has 108 valence electrons. The molecule has 2 heterocycles. The molecule has 0 aliphatic heterocycles. The second-order valence-corrected chi connectivity index (χ2v) is 7.36. The van der Waals surface area contributed by atoms with Gasteiger partial charge in [0.1, 0.15) is 5.25 Å². The van der Waals surface area contributed by atoms with E-state index in [0.717, 1.165) is 0 Å². The lowest BCUT2D eigenvalue weighted by Gasteiger charge is -2.09. The normalized spacial score (nSPS) is 13.1. The smallest absolute Gasteiger partial charge is 0.237 e. The minimum atomic E-state index is -3.58. The van der Waals surface area contributed by atoms with E-state index in [1.807, 2.05) is 0 Å². The Kier molecular flexibility index (Phi) is 4.24. The summed E-state index contributed by atoms with van der Waals surface area (Å²) in [5.41, 5.74) is 0.414. The van der Waals surface area contributed by atoms with Gasteiger partial charge in [0.05, 0.1) is 17.7 Å². The van der Waals surface area contributed by atoms with E-state index in [9.17, 15) is 13.2 Å². The molecular weight excluding hydrogens is 300 g/mol. The molecule has 1 atom stereocenters. The molecule has 0 aliphatic rings. The highest BCUT2D eigenvalue weighted by Crippen LogP contribution is 2.25. The molecule has 0 radical (unpaired) electrons. The average molecular weight is 314 g/mol. The maximum atomic E-state index is 12.1. The van der Waals surface area contributed by atoms with Gasteiger partial charge in [-0.2, -0.15) is 0 Å². The van der Waals surface area contributed by atoms with Crippen LogP contribution in [-0.2, 0) is 20.4 Å². The van der Waals surface area contributed by atoms with E-state index >= 15 is 0 Å².